The van der Waals surface area contributed by atoms with E-state index in [1.807, 2.05) is 19.1 Å². The molecule has 2 aromatic carbocycles. The van der Waals surface area contributed by atoms with E-state index in [-0.39, 0.29) is 12.2 Å². The van der Waals surface area contributed by atoms with Gasteiger partial charge in [0.2, 0.25) is 0 Å². The topological polar surface area (TPSA) is 61.3 Å². The molecule has 0 aliphatic rings. The number of nitrogens with zero attached hydrogens (tertiary/aromatic N) is 2. The van der Waals surface area contributed by atoms with Crippen molar-refractivity contribution in [3.05, 3.63) is 58.3 Å². The summed E-state index contributed by atoms with van der Waals surface area (Å²) in [5, 5.41) is 9.02. The van der Waals surface area contributed by atoms with Gasteiger partial charge in [-0.15, -0.1) is 22.0 Å². The van der Waals surface area contributed by atoms with E-state index in [9.17, 15) is 22.4 Å². The number of aryl methyl sites for hydroxylation is 1. The van der Waals surface area contributed by atoms with Gasteiger partial charge in [-0.3, -0.25) is 0 Å². The maximum Gasteiger partial charge on any atom is 0.419 e. The highest BCUT2D eigenvalue weighted by Gasteiger charge is 2.34. The van der Waals surface area contributed by atoms with Gasteiger partial charge in [-0.25, -0.2) is 9.18 Å². The molecule has 0 amide bonds. The van der Waals surface area contributed by atoms with Crippen LogP contribution in [0.4, 0.5) is 17.6 Å². The van der Waals surface area contributed by atoms with E-state index >= 15 is 0 Å². The number of alkyl halides is 3. The first kappa shape index (κ1) is 26.0. The normalized spacial score (nSPS) is 12.0. The summed E-state index contributed by atoms with van der Waals surface area (Å²) in [6.45, 7) is 7.14. The Morgan fingerprint density at radius 3 is 2.47 bits per heavy atom. The number of thioether (sulfide) groups is 1. The fraction of sp³-hybridized carbons (Fsp3) is 0.348. The zero-order valence-corrected chi connectivity index (χ0v) is 20.5. The summed E-state index contributed by atoms with van der Waals surface area (Å²) in [6, 6.07) is 8.24. The molecular weight excluding hydrogens is 492 g/mol. The van der Waals surface area contributed by atoms with Crippen LogP contribution in [-0.2, 0) is 21.5 Å². The quantitative estimate of drug-likeness (QED) is 0.190. The lowest BCUT2D eigenvalue weighted by molar-refractivity contribution is -0.158. The Morgan fingerprint density at radius 2 is 1.85 bits per heavy atom. The van der Waals surface area contributed by atoms with Gasteiger partial charge in [0.15, 0.2) is 5.60 Å². The van der Waals surface area contributed by atoms with Crippen LogP contribution in [0, 0.1) is 12.7 Å². The third-order valence-corrected chi connectivity index (χ3v) is 6.79. The standard InChI is InChI=1S/C23H22F4N2O3S2/c1-5-31-21(30)22(3,4)32-18-9-7-15(10-13(18)2)33-12-19-28-29-20(34-19)14-6-8-16(17(24)11-14)23(25,26)27/h6-11H,5,12H2,1-4H3. The van der Waals surface area contributed by atoms with E-state index in [2.05, 4.69) is 10.2 Å². The molecular formula is C23H22F4N2O3S2. The summed E-state index contributed by atoms with van der Waals surface area (Å²) in [5.41, 5.74) is -1.37. The summed E-state index contributed by atoms with van der Waals surface area (Å²) in [5.74, 6) is -0.771. The second kappa shape index (κ2) is 10.3. The summed E-state index contributed by atoms with van der Waals surface area (Å²) < 4.78 is 63.0. The molecule has 0 saturated heterocycles. The molecule has 0 aliphatic carbocycles. The van der Waals surface area contributed by atoms with E-state index in [0.29, 0.717) is 27.6 Å². The molecule has 182 valence electrons. The van der Waals surface area contributed by atoms with E-state index < -0.39 is 29.1 Å². The minimum absolute atomic E-state index is 0.237. The fourth-order valence-corrected chi connectivity index (χ4v) is 4.72. The number of benzene rings is 2. The van der Waals surface area contributed by atoms with Crippen molar-refractivity contribution < 1.29 is 31.8 Å². The van der Waals surface area contributed by atoms with Crippen LogP contribution in [0.25, 0.3) is 10.6 Å². The smallest absolute Gasteiger partial charge is 0.419 e. The summed E-state index contributed by atoms with van der Waals surface area (Å²) in [6.07, 6.45) is -4.75. The van der Waals surface area contributed by atoms with Gasteiger partial charge >= 0.3 is 12.1 Å². The third kappa shape index (κ3) is 6.26. The maximum absolute atomic E-state index is 13.9. The maximum atomic E-state index is 13.9. The van der Waals surface area contributed by atoms with Gasteiger partial charge in [0.1, 0.15) is 21.6 Å². The Hall–Kier alpha value is -2.66. The van der Waals surface area contributed by atoms with Crippen molar-refractivity contribution in [3.8, 4) is 16.3 Å². The second-order valence-corrected chi connectivity index (χ2v) is 9.85. The Morgan fingerprint density at radius 1 is 1.12 bits per heavy atom. The molecule has 1 aromatic heterocycles. The SMILES string of the molecule is CCOC(=O)C(C)(C)Oc1ccc(SCc2nnc(-c3ccc(C(F)(F)F)c(F)c3)s2)cc1C. The molecule has 0 atom stereocenters. The summed E-state index contributed by atoms with van der Waals surface area (Å²) in [4.78, 5) is 13.0. The molecule has 0 aliphatic heterocycles. The van der Waals surface area contributed by atoms with Crippen molar-refractivity contribution in [2.24, 2.45) is 0 Å². The number of esters is 1. The van der Waals surface area contributed by atoms with Gasteiger partial charge in [0, 0.05) is 10.5 Å². The number of rotatable bonds is 8. The minimum Gasteiger partial charge on any atom is -0.476 e. The molecule has 0 radical (unpaired) electrons. The number of carbonyl (C=O) groups excluding carboxylic acids is 1. The molecule has 0 bridgehead atoms. The lowest BCUT2D eigenvalue weighted by atomic mass is 10.1. The Kier molecular flexibility index (Phi) is 7.87. The molecule has 34 heavy (non-hydrogen) atoms. The van der Waals surface area contributed by atoms with Crippen molar-refractivity contribution >= 4 is 29.1 Å². The van der Waals surface area contributed by atoms with Crippen LogP contribution in [0.1, 0.15) is 36.9 Å². The predicted molar refractivity (Wildman–Crippen MR) is 122 cm³/mol. The molecule has 5 nitrogen and oxygen atoms in total. The molecule has 0 saturated carbocycles. The molecule has 1 heterocycles. The van der Waals surface area contributed by atoms with Gasteiger partial charge in [-0.2, -0.15) is 13.2 Å². The van der Waals surface area contributed by atoms with Gasteiger partial charge in [0.25, 0.3) is 0 Å². The van der Waals surface area contributed by atoms with Crippen molar-refractivity contribution in [1.82, 2.24) is 10.2 Å². The van der Waals surface area contributed by atoms with Crippen molar-refractivity contribution in [2.45, 2.75) is 50.1 Å². The molecule has 3 aromatic rings. The molecule has 0 unspecified atom stereocenters. The van der Waals surface area contributed by atoms with Crippen molar-refractivity contribution in [2.75, 3.05) is 6.61 Å². The predicted octanol–water partition coefficient (Wildman–Crippen LogP) is 6.68. The highest BCUT2D eigenvalue weighted by atomic mass is 32.2. The minimum atomic E-state index is -4.75. The summed E-state index contributed by atoms with van der Waals surface area (Å²) >= 11 is 2.67. The van der Waals surface area contributed by atoms with Crippen LogP contribution in [0.15, 0.2) is 41.3 Å². The highest BCUT2D eigenvalue weighted by Crippen LogP contribution is 2.35. The van der Waals surface area contributed by atoms with E-state index in [4.69, 9.17) is 9.47 Å². The van der Waals surface area contributed by atoms with Crippen molar-refractivity contribution in [1.29, 1.82) is 0 Å². The fourth-order valence-electron chi connectivity index (χ4n) is 2.90. The first-order valence-corrected chi connectivity index (χ1v) is 12.0. The molecule has 0 N–H and O–H groups in total. The Balaban J connectivity index is 1.65. The lowest BCUT2D eigenvalue weighted by Crippen LogP contribution is -2.39. The number of carbonyl (C=O) groups is 1. The number of hydrogen-bond acceptors (Lipinski definition) is 7. The summed E-state index contributed by atoms with van der Waals surface area (Å²) in [7, 11) is 0. The van der Waals surface area contributed by atoms with Crippen LogP contribution in [0.3, 0.4) is 0 Å². The molecule has 3 rings (SSSR count). The third-order valence-electron chi connectivity index (χ3n) is 4.63. The van der Waals surface area contributed by atoms with E-state index in [1.54, 1.807) is 26.8 Å². The Bertz CT molecular complexity index is 1180. The largest absolute Gasteiger partial charge is 0.476 e. The van der Waals surface area contributed by atoms with Gasteiger partial charge in [-0.05, 0) is 63.6 Å². The van der Waals surface area contributed by atoms with Crippen LogP contribution >= 0.6 is 23.1 Å². The zero-order chi connectivity index (χ0) is 25.1. The van der Waals surface area contributed by atoms with E-state index in [1.165, 1.54) is 29.2 Å². The average Bonchev–Trinajstić information content (AvgIpc) is 3.22. The number of halogens is 4. The average molecular weight is 515 g/mol. The van der Waals surface area contributed by atoms with Crippen LogP contribution in [-0.4, -0.2) is 28.4 Å². The van der Waals surface area contributed by atoms with Gasteiger partial charge in [0.05, 0.1) is 17.9 Å². The first-order valence-electron chi connectivity index (χ1n) is 10.2. The second-order valence-electron chi connectivity index (χ2n) is 7.74. The van der Waals surface area contributed by atoms with Crippen molar-refractivity contribution in [3.63, 3.8) is 0 Å². The van der Waals surface area contributed by atoms with Gasteiger partial charge < -0.3 is 9.47 Å². The molecule has 0 spiro atoms. The van der Waals surface area contributed by atoms with Crippen LogP contribution in [0.2, 0.25) is 0 Å². The zero-order valence-electron chi connectivity index (χ0n) is 18.8. The Labute approximate surface area is 202 Å². The van der Waals surface area contributed by atoms with Gasteiger partial charge in [-0.1, -0.05) is 17.4 Å². The number of hydrogen-bond donors (Lipinski definition) is 0. The number of ether oxygens (including phenoxy) is 2. The monoisotopic (exact) mass is 514 g/mol. The molecule has 0 fully saturated rings. The number of aromatic nitrogens is 2. The van der Waals surface area contributed by atoms with Crippen LogP contribution in [0.5, 0.6) is 5.75 Å². The first-order chi connectivity index (χ1) is 15.9. The highest BCUT2D eigenvalue weighted by molar-refractivity contribution is 7.98. The molecule has 11 heteroatoms. The lowest BCUT2D eigenvalue weighted by Gasteiger charge is -2.25. The van der Waals surface area contributed by atoms with Crippen LogP contribution < -0.4 is 4.74 Å². The van der Waals surface area contributed by atoms with E-state index in [0.717, 1.165) is 16.5 Å².